The molecule has 0 saturated carbocycles. The molecular weight excluding hydrogens is 192 g/mol. The predicted octanol–water partition coefficient (Wildman–Crippen LogP) is 1.34. The minimum absolute atomic E-state index is 0.0352. The lowest BCUT2D eigenvalue weighted by atomic mass is 10.2. The highest BCUT2D eigenvalue weighted by molar-refractivity contribution is 5.72. The van der Waals surface area contributed by atoms with Crippen LogP contribution in [0.4, 0.5) is 0 Å². The number of furan rings is 1. The summed E-state index contributed by atoms with van der Waals surface area (Å²) in [6.45, 7) is 3.04. The van der Waals surface area contributed by atoms with E-state index in [1.54, 1.807) is 0 Å². The number of carbonyl (C=O) groups excluding carboxylic acids is 1. The molecule has 82 valence electrons. The summed E-state index contributed by atoms with van der Waals surface area (Å²) in [5.74, 6) is 1.76. The van der Waals surface area contributed by atoms with Crippen molar-refractivity contribution in [1.29, 1.82) is 0 Å². The Morgan fingerprint density at radius 1 is 1.67 bits per heavy atom. The van der Waals surface area contributed by atoms with Crippen molar-refractivity contribution in [2.24, 2.45) is 0 Å². The van der Waals surface area contributed by atoms with E-state index in [1.165, 1.54) is 13.3 Å². The summed E-state index contributed by atoms with van der Waals surface area (Å²) in [6, 6.07) is 4.27. The molecule has 0 bridgehead atoms. The number of nitrogens with one attached hydrogen (secondary N) is 2. The van der Waals surface area contributed by atoms with Crippen LogP contribution in [0.15, 0.2) is 16.5 Å². The molecule has 1 aromatic heterocycles. The third kappa shape index (κ3) is 2.59. The standard InChI is InChI=1S/C11H16N2O2/c1-8(14)13-7-9-4-5-11(15-9)10-3-2-6-12-10/h4-5,10,12H,2-3,6-7H2,1H3,(H,13,14)/t10-/m1/s1. The summed E-state index contributed by atoms with van der Waals surface area (Å²) in [4.78, 5) is 10.7. The highest BCUT2D eigenvalue weighted by atomic mass is 16.3. The fraction of sp³-hybridized carbons (Fsp3) is 0.545. The topological polar surface area (TPSA) is 54.3 Å². The van der Waals surface area contributed by atoms with Crippen LogP contribution in [0.3, 0.4) is 0 Å². The summed E-state index contributed by atoms with van der Waals surface area (Å²) in [6.07, 6.45) is 2.33. The number of hydrogen-bond donors (Lipinski definition) is 2. The Hall–Kier alpha value is -1.29. The minimum Gasteiger partial charge on any atom is -0.463 e. The molecule has 1 atom stereocenters. The van der Waals surface area contributed by atoms with Crippen LogP contribution in [0.5, 0.6) is 0 Å². The van der Waals surface area contributed by atoms with Crippen molar-refractivity contribution < 1.29 is 9.21 Å². The molecule has 15 heavy (non-hydrogen) atoms. The van der Waals surface area contributed by atoms with E-state index in [0.29, 0.717) is 12.6 Å². The van der Waals surface area contributed by atoms with Gasteiger partial charge in [0.2, 0.25) is 5.91 Å². The average molecular weight is 208 g/mol. The van der Waals surface area contributed by atoms with Gasteiger partial charge in [0, 0.05) is 6.92 Å². The maximum atomic E-state index is 10.7. The van der Waals surface area contributed by atoms with Gasteiger partial charge in [-0.3, -0.25) is 4.79 Å². The third-order valence-corrected chi connectivity index (χ3v) is 2.60. The van der Waals surface area contributed by atoms with Gasteiger partial charge in [-0.25, -0.2) is 0 Å². The molecule has 4 heteroatoms. The van der Waals surface area contributed by atoms with E-state index in [0.717, 1.165) is 24.5 Å². The number of hydrogen-bond acceptors (Lipinski definition) is 3. The van der Waals surface area contributed by atoms with Gasteiger partial charge in [0.15, 0.2) is 0 Å². The summed E-state index contributed by atoms with van der Waals surface area (Å²) in [7, 11) is 0. The van der Waals surface area contributed by atoms with Crippen LogP contribution in [-0.4, -0.2) is 12.5 Å². The molecule has 0 radical (unpaired) electrons. The number of rotatable bonds is 3. The Kier molecular flexibility index (Phi) is 3.06. The van der Waals surface area contributed by atoms with Gasteiger partial charge in [0.05, 0.1) is 12.6 Å². The number of amides is 1. The fourth-order valence-electron chi connectivity index (χ4n) is 1.82. The van der Waals surface area contributed by atoms with E-state index in [2.05, 4.69) is 10.6 Å². The van der Waals surface area contributed by atoms with Crippen molar-refractivity contribution in [3.63, 3.8) is 0 Å². The summed E-state index contributed by atoms with van der Waals surface area (Å²) in [5, 5.41) is 6.08. The van der Waals surface area contributed by atoms with Gasteiger partial charge < -0.3 is 15.1 Å². The zero-order valence-electron chi connectivity index (χ0n) is 8.88. The van der Waals surface area contributed by atoms with Crippen molar-refractivity contribution in [2.75, 3.05) is 6.54 Å². The van der Waals surface area contributed by atoms with Gasteiger partial charge in [0.1, 0.15) is 11.5 Å². The van der Waals surface area contributed by atoms with E-state index >= 15 is 0 Å². The van der Waals surface area contributed by atoms with Gasteiger partial charge in [-0.15, -0.1) is 0 Å². The average Bonchev–Trinajstić information content (AvgIpc) is 2.85. The van der Waals surface area contributed by atoms with Crippen molar-refractivity contribution >= 4 is 5.91 Å². The first-order valence-electron chi connectivity index (χ1n) is 5.32. The molecule has 0 aromatic carbocycles. The Morgan fingerprint density at radius 3 is 3.20 bits per heavy atom. The lowest BCUT2D eigenvalue weighted by molar-refractivity contribution is -0.119. The normalized spacial score (nSPS) is 20.5. The zero-order valence-corrected chi connectivity index (χ0v) is 8.88. The van der Waals surface area contributed by atoms with Crippen molar-refractivity contribution in [1.82, 2.24) is 10.6 Å². The summed E-state index contributed by atoms with van der Waals surface area (Å²) >= 11 is 0. The highest BCUT2D eigenvalue weighted by Crippen LogP contribution is 2.24. The summed E-state index contributed by atoms with van der Waals surface area (Å²) in [5.41, 5.74) is 0. The largest absolute Gasteiger partial charge is 0.463 e. The molecule has 1 saturated heterocycles. The fourth-order valence-corrected chi connectivity index (χ4v) is 1.82. The Labute approximate surface area is 89.0 Å². The van der Waals surface area contributed by atoms with Gasteiger partial charge >= 0.3 is 0 Å². The van der Waals surface area contributed by atoms with Crippen LogP contribution in [0.1, 0.15) is 37.3 Å². The molecular formula is C11H16N2O2. The molecule has 0 unspecified atom stereocenters. The van der Waals surface area contributed by atoms with Crippen LogP contribution < -0.4 is 10.6 Å². The van der Waals surface area contributed by atoms with E-state index in [9.17, 15) is 4.79 Å². The molecule has 1 aliphatic rings. The molecule has 1 amide bonds. The molecule has 1 aliphatic heterocycles. The minimum atomic E-state index is -0.0352. The SMILES string of the molecule is CC(=O)NCc1ccc([C@H]2CCCN2)o1. The zero-order chi connectivity index (χ0) is 10.7. The second-order valence-corrected chi connectivity index (χ2v) is 3.86. The second kappa shape index (κ2) is 4.49. The van der Waals surface area contributed by atoms with Crippen LogP contribution in [0.2, 0.25) is 0 Å². The first-order valence-corrected chi connectivity index (χ1v) is 5.32. The molecule has 4 nitrogen and oxygen atoms in total. The predicted molar refractivity (Wildman–Crippen MR) is 56.2 cm³/mol. The van der Waals surface area contributed by atoms with E-state index in [4.69, 9.17) is 4.42 Å². The van der Waals surface area contributed by atoms with Crippen LogP contribution in [0.25, 0.3) is 0 Å². The lowest BCUT2D eigenvalue weighted by Gasteiger charge is -2.05. The monoisotopic (exact) mass is 208 g/mol. The Morgan fingerprint density at radius 2 is 2.53 bits per heavy atom. The smallest absolute Gasteiger partial charge is 0.217 e. The van der Waals surface area contributed by atoms with Crippen molar-refractivity contribution in [3.05, 3.63) is 23.7 Å². The van der Waals surface area contributed by atoms with E-state index in [1.807, 2.05) is 12.1 Å². The van der Waals surface area contributed by atoms with Crippen LogP contribution >= 0.6 is 0 Å². The first-order chi connectivity index (χ1) is 7.25. The van der Waals surface area contributed by atoms with Gasteiger partial charge in [-0.1, -0.05) is 0 Å². The third-order valence-electron chi connectivity index (χ3n) is 2.60. The van der Waals surface area contributed by atoms with E-state index in [-0.39, 0.29) is 5.91 Å². The van der Waals surface area contributed by atoms with Gasteiger partial charge in [-0.05, 0) is 31.5 Å². The molecule has 1 fully saturated rings. The van der Waals surface area contributed by atoms with Gasteiger partial charge in [-0.2, -0.15) is 0 Å². The maximum absolute atomic E-state index is 10.7. The van der Waals surface area contributed by atoms with Crippen LogP contribution in [0, 0.1) is 0 Å². The van der Waals surface area contributed by atoms with Crippen molar-refractivity contribution in [2.45, 2.75) is 32.4 Å². The van der Waals surface area contributed by atoms with Gasteiger partial charge in [0.25, 0.3) is 0 Å². The number of carbonyl (C=O) groups is 1. The molecule has 2 heterocycles. The Bertz CT molecular complexity index is 340. The maximum Gasteiger partial charge on any atom is 0.217 e. The summed E-state index contributed by atoms with van der Waals surface area (Å²) < 4.78 is 5.64. The molecule has 0 aliphatic carbocycles. The molecule has 2 rings (SSSR count). The van der Waals surface area contributed by atoms with E-state index < -0.39 is 0 Å². The molecule has 0 spiro atoms. The first kappa shape index (κ1) is 10.2. The van der Waals surface area contributed by atoms with Crippen molar-refractivity contribution in [3.8, 4) is 0 Å². The van der Waals surface area contributed by atoms with Crippen LogP contribution in [-0.2, 0) is 11.3 Å². The molecule has 2 N–H and O–H groups in total. The Balaban J connectivity index is 1.94. The highest BCUT2D eigenvalue weighted by Gasteiger charge is 2.19. The molecule has 1 aromatic rings. The second-order valence-electron chi connectivity index (χ2n) is 3.86. The quantitative estimate of drug-likeness (QED) is 0.788. The lowest BCUT2D eigenvalue weighted by Crippen LogP contribution is -2.18.